The van der Waals surface area contributed by atoms with Gasteiger partial charge in [0.05, 0.1) is 18.3 Å². The second-order valence-electron chi connectivity index (χ2n) is 7.65. The van der Waals surface area contributed by atoms with Crippen LogP contribution in [-0.4, -0.2) is 33.6 Å². The molecule has 0 spiro atoms. The van der Waals surface area contributed by atoms with Crippen molar-refractivity contribution in [2.75, 3.05) is 0 Å². The van der Waals surface area contributed by atoms with Crippen LogP contribution in [0.15, 0.2) is 35.5 Å². The van der Waals surface area contributed by atoms with Crippen molar-refractivity contribution in [2.45, 2.75) is 70.2 Å². The minimum Gasteiger partial charge on any atom is -0.393 e. The first-order chi connectivity index (χ1) is 10.4. The Morgan fingerprint density at radius 2 is 1.82 bits per heavy atom. The Morgan fingerprint density at radius 1 is 1.05 bits per heavy atom. The van der Waals surface area contributed by atoms with Crippen molar-refractivity contribution in [3.8, 4) is 0 Å². The molecule has 3 aliphatic rings. The lowest BCUT2D eigenvalue weighted by atomic mass is 9.65. The maximum Gasteiger partial charge on any atom is 0.0600 e. The fourth-order valence-electron chi connectivity index (χ4n) is 4.68. The van der Waals surface area contributed by atoms with Gasteiger partial charge in [0.15, 0.2) is 0 Å². The van der Waals surface area contributed by atoms with Crippen molar-refractivity contribution in [1.82, 2.24) is 0 Å². The molecular formula is C19H28O3. The van der Waals surface area contributed by atoms with E-state index in [4.69, 9.17) is 0 Å². The average molecular weight is 304 g/mol. The summed E-state index contributed by atoms with van der Waals surface area (Å²) in [5.74, 6) is 0.365. The monoisotopic (exact) mass is 304 g/mol. The van der Waals surface area contributed by atoms with Gasteiger partial charge >= 0.3 is 0 Å². The normalized spacial score (nSPS) is 46.3. The highest BCUT2D eigenvalue weighted by atomic mass is 16.3. The Bertz CT molecular complexity index is 519. The lowest BCUT2D eigenvalue weighted by molar-refractivity contribution is -0.0155. The van der Waals surface area contributed by atoms with Crippen LogP contribution in [0.2, 0.25) is 0 Å². The highest BCUT2D eigenvalue weighted by molar-refractivity contribution is 5.36. The molecular weight excluding hydrogens is 276 g/mol. The quantitative estimate of drug-likeness (QED) is 0.698. The predicted molar refractivity (Wildman–Crippen MR) is 87.2 cm³/mol. The maximum absolute atomic E-state index is 10.3. The van der Waals surface area contributed by atoms with Gasteiger partial charge in [0, 0.05) is 5.41 Å². The zero-order valence-corrected chi connectivity index (χ0v) is 13.5. The molecule has 3 aliphatic carbocycles. The van der Waals surface area contributed by atoms with Crippen LogP contribution in [0.5, 0.6) is 0 Å². The molecule has 3 nitrogen and oxygen atoms in total. The summed E-state index contributed by atoms with van der Waals surface area (Å²) >= 11 is 0. The lowest BCUT2D eigenvalue weighted by Gasteiger charge is -2.42. The summed E-state index contributed by atoms with van der Waals surface area (Å²) in [6, 6.07) is 0. The molecule has 0 heterocycles. The predicted octanol–water partition coefficient (Wildman–Crippen LogP) is 2.87. The van der Waals surface area contributed by atoms with E-state index in [2.05, 4.69) is 25.7 Å². The summed E-state index contributed by atoms with van der Waals surface area (Å²) in [5.41, 5.74) is 3.31. The molecule has 0 aliphatic heterocycles. The zero-order chi connectivity index (χ0) is 15.9. The van der Waals surface area contributed by atoms with Crippen molar-refractivity contribution in [3.63, 3.8) is 0 Å². The Labute approximate surface area is 133 Å². The second kappa shape index (κ2) is 5.95. The Balaban J connectivity index is 1.85. The fourth-order valence-corrected chi connectivity index (χ4v) is 4.68. The Kier molecular flexibility index (Phi) is 4.32. The number of allylic oxidation sites excluding steroid dienone is 3. The van der Waals surface area contributed by atoms with Crippen LogP contribution in [-0.2, 0) is 0 Å². The van der Waals surface area contributed by atoms with Crippen molar-refractivity contribution < 1.29 is 15.3 Å². The number of aliphatic hydroxyl groups excluding tert-OH is 3. The summed E-state index contributed by atoms with van der Waals surface area (Å²) in [5, 5.41) is 30.3. The average Bonchev–Trinajstić information content (AvgIpc) is 2.75. The van der Waals surface area contributed by atoms with Crippen molar-refractivity contribution in [2.24, 2.45) is 11.3 Å². The van der Waals surface area contributed by atoms with Gasteiger partial charge < -0.3 is 15.3 Å². The van der Waals surface area contributed by atoms with E-state index in [0.29, 0.717) is 25.2 Å². The molecule has 0 unspecified atom stereocenters. The van der Waals surface area contributed by atoms with Crippen LogP contribution in [0.4, 0.5) is 0 Å². The summed E-state index contributed by atoms with van der Waals surface area (Å²) < 4.78 is 0. The van der Waals surface area contributed by atoms with Gasteiger partial charge in [-0.25, -0.2) is 0 Å². The number of fused-ring (bicyclic) bond motifs is 1. The third kappa shape index (κ3) is 2.82. The summed E-state index contributed by atoms with van der Waals surface area (Å²) in [4.78, 5) is 0. The summed E-state index contributed by atoms with van der Waals surface area (Å²) in [6.45, 7) is 6.22. The molecule has 0 radical (unpaired) electrons. The van der Waals surface area contributed by atoms with Crippen molar-refractivity contribution >= 4 is 0 Å². The van der Waals surface area contributed by atoms with Crippen LogP contribution in [0.1, 0.15) is 51.9 Å². The molecule has 0 aromatic heterocycles. The molecule has 22 heavy (non-hydrogen) atoms. The van der Waals surface area contributed by atoms with E-state index in [9.17, 15) is 15.3 Å². The van der Waals surface area contributed by atoms with E-state index in [0.717, 1.165) is 36.8 Å². The molecule has 122 valence electrons. The lowest BCUT2D eigenvalue weighted by Crippen LogP contribution is -2.41. The van der Waals surface area contributed by atoms with E-state index in [1.54, 1.807) is 0 Å². The van der Waals surface area contributed by atoms with Crippen LogP contribution in [0.25, 0.3) is 0 Å². The first-order valence-corrected chi connectivity index (χ1v) is 8.52. The number of hydrogen-bond acceptors (Lipinski definition) is 3. The van der Waals surface area contributed by atoms with E-state index < -0.39 is 0 Å². The van der Waals surface area contributed by atoms with E-state index in [-0.39, 0.29) is 23.7 Å². The van der Waals surface area contributed by atoms with Gasteiger partial charge in [-0.05, 0) is 56.4 Å². The third-order valence-corrected chi connectivity index (χ3v) is 6.07. The largest absolute Gasteiger partial charge is 0.393 e. The fraction of sp³-hybridized carbons (Fsp3) is 0.684. The molecule has 0 bridgehead atoms. The van der Waals surface area contributed by atoms with Crippen LogP contribution < -0.4 is 0 Å². The van der Waals surface area contributed by atoms with Crippen molar-refractivity contribution in [3.05, 3.63) is 35.5 Å². The first kappa shape index (κ1) is 16.0. The van der Waals surface area contributed by atoms with Crippen LogP contribution >= 0.6 is 0 Å². The number of rotatable bonds is 1. The zero-order valence-electron chi connectivity index (χ0n) is 13.5. The van der Waals surface area contributed by atoms with Gasteiger partial charge in [0.2, 0.25) is 0 Å². The molecule has 3 rings (SSSR count). The van der Waals surface area contributed by atoms with Gasteiger partial charge in [-0.2, -0.15) is 0 Å². The Morgan fingerprint density at radius 3 is 2.59 bits per heavy atom. The van der Waals surface area contributed by atoms with Gasteiger partial charge in [0.25, 0.3) is 0 Å². The van der Waals surface area contributed by atoms with Crippen LogP contribution in [0.3, 0.4) is 0 Å². The van der Waals surface area contributed by atoms with Gasteiger partial charge in [-0.15, -0.1) is 0 Å². The molecule has 3 fully saturated rings. The maximum atomic E-state index is 10.3. The Hall–Kier alpha value is -0.900. The summed E-state index contributed by atoms with van der Waals surface area (Å²) in [7, 11) is 0. The molecule has 0 aromatic carbocycles. The highest BCUT2D eigenvalue weighted by Gasteiger charge is 2.50. The molecule has 5 atom stereocenters. The second-order valence-corrected chi connectivity index (χ2v) is 7.65. The smallest absolute Gasteiger partial charge is 0.0600 e. The first-order valence-electron chi connectivity index (χ1n) is 8.52. The molecule has 3 saturated carbocycles. The van der Waals surface area contributed by atoms with E-state index in [1.165, 1.54) is 5.57 Å². The third-order valence-electron chi connectivity index (χ3n) is 6.07. The number of aliphatic hydroxyl groups is 3. The number of hydrogen-bond donors (Lipinski definition) is 3. The van der Waals surface area contributed by atoms with Crippen molar-refractivity contribution in [1.29, 1.82) is 0 Å². The minimum atomic E-state index is -0.362. The molecule has 3 heteroatoms. The van der Waals surface area contributed by atoms with Crippen LogP contribution in [0, 0.1) is 11.3 Å². The summed E-state index contributed by atoms with van der Waals surface area (Å²) in [6.07, 6.45) is 8.84. The SMILES string of the molecule is C=C1CC[C@H](O)C/C1=C/C=C1\C[C@@H](O)C[C@]2(C)[C@H](O)CC[C@@H]12. The minimum absolute atomic E-state index is 0.189. The molecule has 3 N–H and O–H groups in total. The topological polar surface area (TPSA) is 60.7 Å². The van der Waals surface area contributed by atoms with Gasteiger partial charge in [-0.1, -0.05) is 36.8 Å². The van der Waals surface area contributed by atoms with E-state index >= 15 is 0 Å². The van der Waals surface area contributed by atoms with E-state index in [1.807, 2.05) is 0 Å². The standard InChI is InChI=1S/C19H28O3/c1-12-3-6-15(20)9-13(12)4-5-14-10-16(21)11-19(2)17(14)7-8-18(19)22/h4-5,15-18,20-22H,1,3,6-11H2,2H3/b13-4-,14-5+/t15-,16+,17-,18+,19-/m0/s1. The molecule has 0 aromatic rings. The highest BCUT2D eigenvalue weighted by Crippen LogP contribution is 2.54. The molecule has 0 amide bonds. The molecule has 0 saturated heterocycles. The van der Waals surface area contributed by atoms with Gasteiger partial charge in [0.1, 0.15) is 0 Å². The van der Waals surface area contributed by atoms with Gasteiger partial charge in [-0.3, -0.25) is 0 Å².